The zero-order valence-corrected chi connectivity index (χ0v) is 35.1. The van der Waals surface area contributed by atoms with Crippen LogP contribution in [0.2, 0.25) is 0 Å². The summed E-state index contributed by atoms with van der Waals surface area (Å²) in [7, 11) is 0. The summed E-state index contributed by atoms with van der Waals surface area (Å²) in [6.45, 7) is 2.61. The van der Waals surface area contributed by atoms with Gasteiger partial charge in [-0.2, -0.15) is 0 Å². The maximum Gasteiger partial charge on any atom is 0.323 e. The van der Waals surface area contributed by atoms with Crippen molar-refractivity contribution < 1.29 is 33.9 Å². The van der Waals surface area contributed by atoms with Gasteiger partial charge in [0.25, 0.3) is 0 Å². The molecular weight excluding hydrogens is 783 g/mol. The van der Waals surface area contributed by atoms with Crippen LogP contribution in [-0.2, 0) is 48.0 Å². The van der Waals surface area contributed by atoms with E-state index in [4.69, 9.17) is 5.73 Å². The number of para-hydroxylation sites is 1. The Morgan fingerprint density at radius 1 is 0.787 bits per heavy atom. The molecule has 0 bridgehead atoms. The lowest BCUT2D eigenvalue weighted by Crippen LogP contribution is -2.51. The van der Waals surface area contributed by atoms with Gasteiger partial charge in [-0.25, -0.2) is 4.98 Å². The number of hydrogen-bond acceptors (Lipinski definition) is 9. The molecule has 4 aromatic rings. The number of nitrogens with two attached hydrogens (primary N) is 1. The summed E-state index contributed by atoms with van der Waals surface area (Å²) in [5, 5.41) is 18.3. The van der Waals surface area contributed by atoms with Crippen molar-refractivity contribution in [1.82, 2.24) is 50.2 Å². The highest BCUT2D eigenvalue weighted by atomic mass is 16.4. The fraction of sp³-hybridized carbons (Fsp3) is 0.465. The molecule has 0 radical (unpaired) electrons. The van der Waals surface area contributed by atoms with Gasteiger partial charge in [-0.1, -0.05) is 30.4 Å². The first-order chi connectivity index (χ1) is 29.4. The highest BCUT2D eigenvalue weighted by Gasteiger charge is 2.27. The van der Waals surface area contributed by atoms with Gasteiger partial charge in [0.05, 0.1) is 32.7 Å². The number of rotatable bonds is 25. The Kier molecular flexibility index (Phi) is 17.2. The van der Waals surface area contributed by atoms with Gasteiger partial charge < -0.3 is 56.0 Å². The van der Waals surface area contributed by atoms with Gasteiger partial charge in [-0.15, -0.1) is 0 Å². The number of aromatic nitrogens is 4. The lowest BCUT2D eigenvalue weighted by molar-refractivity contribution is -0.148. The number of aromatic amines is 3. The molecule has 0 unspecified atom stereocenters. The average Bonchev–Trinajstić information content (AvgIpc) is 4.02. The molecule has 0 fully saturated rings. The molecule has 0 saturated heterocycles. The van der Waals surface area contributed by atoms with E-state index in [2.05, 4.69) is 42.7 Å². The van der Waals surface area contributed by atoms with Crippen molar-refractivity contribution in [2.24, 2.45) is 5.73 Å². The summed E-state index contributed by atoms with van der Waals surface area (Å²) in [5.74, 6) is -2.84. The van der Waals surface area contributed by atoms with Crippen LogP contribution in [0.15, 0.2) is 49.1 Å². The Hall–Kier alpha value is -6.27. The molecule has 0 spiro atoms. The molecule has 0 aliphatic heterocycles. The van der Waals surface area contributed by atoms with Crippen LogP contribution >= 0.6 is 0 Å². The molecule has 61 heavy (non-hydrogen) atoms. The number of fused-ring (bicyclic) bond motifs is 2. The average molecular weight is 842 g/mol. The van der Waals surface area contributed by atoms with E-state index in [1.54, 1.807) is 26.2 Å². The molecule has 3 heterocycles. The van der Waals surface area contributed by atoms with Gasteiger partial charge in [-0.3, -0.25) is 28.8 Å². The topological polar surface area (TPSA) is 246 Å². The first-order valence-electron chi connectivity index (χ1n) is 20.8. The van der Waals surface area contributed by atoms with Gasteiger partial charge >= 0.3 is 5.97 Å². The number of carbonyl (C=O) groups is 6. The van der Waals surface area contributed by atoms with Gasteiger partial charge in [0.2, 0.25) is 29.5 Å². The summed E-state index contributed by atoms with van der Waals surface area (Å²) >= 11 is 0. The first kappa shape index (κ1) is 45.8. The Morgan fingerprint density at radius 2 is 1.48 bits per heavy atom. The van der Waals surface area contributed by atoms with E-state index >= 15 is 0 Å². The highest BCUT2D eigenvalue weighted by molar-refractivity contribution is 5.92. The summed E-state index contributed by atoms with van der Waals surface area (Å²) in [6.07, 6.45) is 15.2. The zero-order valence-electron chi connectivity index (χ0n) is 35.1. The molecule has 8 N–H and O–H groups in total. The van der Waals surface area contributed by atoms with Crippen molar-refractivity contribution in [2.75, 3.05) is 72.0 Å². The number of carboxylic acid groups (broad SMARTS) is 1. The second-order valence-corrected chi connectivity index (χ2v) is 15.3. The molecule has 5 rings (SSSR count). The number of aliphatic carboxylic acids is 1. The predicted octanol–water partition coefficient (Wildman–Crippen LogP) is -0.536. The van der Waals surface area contributed by atoms with Gasteiger partial charge in [-0.05, 0) is 74.9 Å². The van der Waals surface area contributed by atoms with Gasteiger partial charge in [0.15, 0.2) is 0 Å². The molecule has 3 aromatic heterocycles. The van der Waals surface area contributed by atoms with Crippen LogP contribution in [-0.4, -0.2) is 158 Å². The van der Waals surface area contributed by atoms with E-state index in [0.717, 1.165) is 51.3 Å². The third-order valence-corrected chi connectivity index (χ3v) is 10.6. The second kappa shape index (κ2) is 22.9. The highest BCUT2D eigenvalue weighted by Crippen LogP contribution is 2.18. The largest absolute Gasteiger partial charge is 0.480 e. The lowest BCUT2D eigenvalue weighted by Gasteiger charge is -2.29. The van der Waals surface area contributed by atoms with Gasteiger partial charge in [0.1, 0.15) is 12.4 Å². The normalized spacial score (nSPS) is 12.0. The number of nitrogens with zero attached hydrogens (tertiary/aromatic N) is 5. The standard InChI is InChI=1S/C43H59N11O7/c1-30(2)54(29-43(60)61)42(59)28-53(21-14-32-23-49-36-11-6-4-9-34(32)36)40(57)25-50-38(55)26-51(19-7-15-44)41(58)27-52(39(56)24-45-16-12-37-46-17-18-47-37)20-13-31-22-48-35-10-5-3-8-33(31)35/h4,6,8-11,17-18,22-23,30,45,48-49H,3,5,7,12-16,19-21,24-29,44H2,1-2H3,(H,46,47)(H,50,55)(H,60,61). The minimum absolute atomic E-state index is 0.00488. The number of nitrogens with one attached hydrogen (secondary N) is 5. The number of imidazole rings is 1. The van der Waals surface area contributed by atoms with Crippen LogP contribution in [0.1, 0.15) is 50.1 Å². The molecule has 18 nitrogen and oxygen atoms in total. The quantitative estimate of drug-likeness (QED) is 0.0421. The minimum Gasteiger partial charge on any atom is -0.480 e. The predicted molar refractivity (Wildman–Crippen MR) is 230 cm³/mol. The molecule has 1 aliphatic carbocycles. The number of benzene rings is 1. The van der Waals surface area contributed by atoms with E-state index in [0.29, 0.717) is 32.2 Å². The van der Waals surface area contributed by atoms with Crippen LogP contribution in [0.4, 0.5) is 0 Å². The maximum absolute atomic E-state index is 13.9. The summed E-state index contributed by atoms with van der Waals surface area (Å²) in [6, 6.07) is 7.26. The van der Waals surface area contributed by atoms with Crippen LogP contribution < -0.4 is 26.9 Å². The molecule has 0 atom stereocenters. The van der Waals surface area contributed by atoms with Crippen LogP contribution in [0, 0.1) is 0 Å². The maximum atomic E-state index is 13.9. The molecule has 5 amide bonds. The van der Waals surface area contributed by atoms with E-state index in [9.17, 15) is 33.9 Å². The molecule has 0 saturated carbocycles. The van der Waals surface area contributed by atoms with E-state index < -0.39 is 55.3 Å². The number of H-pyrrole nitrogens is 3. The molecular formula is C43H59N11O7. The Bertz CT molecular complexity index is 2230. The summed E-state index contributed by atoms with van der Waals surface area (Å²) in [4.78, 5) is 98.7. The Labute approximate surface area is 354 Å². The van der Waals surface area contributed by atoms with Crippen LogP contribution in [0.25, 0.3) is 23.1 Å². The number of carboxylic acids is 1. The number of carbonyl (C=O) groups excluding carboxylic acids is 5. The minimum atomic E-state index is -1.18. The SMILES string of the molecule is CC(C)N(CC(=O)O)C(=O)CN(CCc1c[nH]c2ccccc12)C(=O)CNC(=O)CN(CCCN)C(=O)CN(CCc1c[nH]c2c1=CCCC=2)C(=O)CNCCc1ncc[nH]1. The summed E-state index contributed by atoms with van der Waals surface area (Å²) < 4.78 is 0. The van der Waals surface area contributed by atoms with Crippen molar-refractivity contribution in [3.63, 3.8) is 0 Å². The number of hydrogen-bond donors (Lipinski definition) is 7. The van der Waals surface area contributed by atoms with Crippen molar-refractivity contribution in [2.45, 2.75) is 58.4 Å². The Morgan fingerprint density at radius 3 is 2.20 bits per heavy atom. The van der Waals surface area contributed by atoms with E-state index in [1.165, 1.54) is 19.6 Å². The third kappa shape index (κ3) is 13.6. The van der Waals surface area contributed by atoms with Crippen molar-refractivity contribution in [1.29, 1.82) is 0 Å². The fourth-order valence-corrected chi connectivity index (χ4v) is 7.26. The lowest BCUT2D eigenvalue weighted by atomic mass is 10.1. The fourth-order valence-electron chi connectivity index (χ4n) is 7.26. The smallest absolute Gasteiger partial charge is 0.323 e. The summed E-state index contributed by atoms with van der Waals surface area (Å²) in [5.41, 5.74) is 8.69. The monoisotopic (exact) mass is 841 g/mol. The first-order valence-corrected chi connectivity index (χ1v) is 20.8. The molecule has 1 aliphatic rings. The van der Waals surface area contributed by atoms with E-state index in [-0.39, 0.29) is 51.7 Å². The Balaban J connectivity index is 1.23. The van der Waals surface area contributed by atoms with E-state index in [1.807, 2.05) is 36.7 Å². The molecule has 1 aromatic carbocycles. The molecule has 18 heteroatoms. The molecule has 328 valence electrons. The van der Waals surface area contributed by atoms with Crippen LogP contribution in [0.3, 0.4) is 0 Å². The third-order valence-electron chi connectivity index (χ3n) is 10.6. The zero-order chi connectivity index (χ0) is 43.7. The number of amides is 5. The van der Waals surface area contributed by atoms with Crippen molar-refractivity contribution in [3.8, 4) is 0 Å². The van der Waals surface area contributed by atoms with Crippen LogP contribution in [0.5, 0.6) is 0 Å². The van der Waals surface area contributed by atoms with Crippen molar-refractivity contribution in [3.05, 3.63) is 76.6 Å². The van der Waals surface area contributed by atoms with Gasteiger partial charge in [0, 0.05) is 79.7 Å². The second-order valence-electron chi connectivity index (χ2n) is 15.3. The van der Waals surface area contributed by atoms with Crippen molar-refractivity contribution >= 4 is 58.6 Å².